The van der Waals surface area contributed by atoms with Crippen LogP contribution < -0.4 is 14.4 Å². The lowest BCUT2D eigenvalue weighted by Crippen LogP contribution is -2.49. The molecule has 1 heterocycles. The molecule has 33 heavy (non-hydrogen) atoms. The molecule has 1 aliphatic heterocycles. The number of nitrogens with zero attached hydrogens (tertiary/aromatic N) is 1. The number of methoxy groups -OCH3 is 1. The number of amides is 1. The molecule has 4 aromatic carbocycles. The van der Waals surface area contributed by atoms with Crippen molar-refractivity contribution >= 4 is 22.4 Å². The third kappa shape index (κ3) is 4.17. The Balaban J connectivity index is 1.48. The van der Waals surface area contributed by atoms with Gasteiger partial charge in [0.25, 0.3) is 0 Å². The van der Waals surface area contributed by atoms with E-state index in [1.165, 1.54) is 5.56 Å². The summed E-state index contributed by atoms with van der Waals surface area (Å²) in [5.41, 5.74) is 3.03. The Bertz CT molecular complexity index is 1280. The average molecular weight is 438 g/mol. The maximum atomic E-state index is 13.9. The predicted octanol–water partition coefficient (Wildman–Crippen LogP) is 5.99. The van der Waals surface area contributed by atoms with Crippen LogP contribution in [0.3, 0.4) is 0 Å². The van der Waals surface area contributed by atoms with Crippen molar-refractivity contribution in [2.45, 2.75) is 25.3 Å². The highest BCUT2D eigenvalue weighted by atomic mass is 16.5. The average Bonchev–Trinajstić information content (AvgIpc) is 2.87. The zero-order valence-corrected chi connectivity index (χ0v) is 18.9. The first-order valence-corrected chi connectivity index (χ1v) is 11.3. The van der Waals surface area contributed by atoms with Crippen molar-refractivity contribution in [3.8, 4) is 11.5 Å². The van der Waals surface area contributed by atoms with Gasteiger partial charge in [-0.15, -0.1) is 0 Å². The van der Waals surface area contributed by atoms with E-state index < -0.39 is 0 Å². The zero-order chi connectivity index (χ0) is 22.8. The predicted molar refractivity (Wildman–Crippen MR) is 132 cm³/mol. The molecule has 1 amide bonds. The summed E-state index contributed by atoms with van der Waals surface area (Å²) in [6.45, 7) is 2.46. The maximum absolute atomic E-state index is 13.9. The molecule has 4 nitrogen and oxygen atoms in total. The van der Waals surface area contributed by atoms with Crippen LogP contribution in [0.2, 0.25) is 0 Å². The molecule has 2 atom stereocenters. The first-order chi connectivity index (χ1) is 16.1. The van der Waals surface area contributed by atoms with E-state index in [0.717, 1.165) is 39.9 Å². The summed E-state index contributed by atoms with van der Waals surface area (Å²) < 4.78 is 11.4. The van der Waals surface area contributed by atoms with E-state index in [1.807, 2.05) is 78.6 Å². The lowest BCUT2D eigenvalue weighted by molar-refractivity contribution is -0.120. The minimum atomic E-state index is -0.291. The standard InChI is InChI=1S/C29H27NO3/c1-20(22-12-13-24-18-26(32-2)15-14-23(24)17-22)29(31)30-25(16-21-8-4-3-5-9-21)19-33-28-11-7-6-10-27(28)30/h3-15,17-18,20,25H,16,19H2,1-2H3/t20-,25-/m0/s1. The van der Waals surface area contributed by atoms with Gasteiger partial charge in [0, 0.05) is 0 Å². The molecule has 0 unspecified atom stereocenters. The van der Waals surface area contributed by atoms with E-state index in [-0.39, 0.29) is 17.9 Å². The summed E-state index contributed by atoms with van der Waals surface area (Å²) in [5.74, 6) is 1.38. The molecule has 0 saturated carbocycles. The van der Waals surface area contributed by atoms with Gasteiger partial charge in [-0.25, -0.2) is 0 Å². The molecular formula is C29H27NO3. The van der Waals surface area contributed by atoms with Crippen molar-refractivity contribution in [2.24, 2.45) is 0 Å². The normalized spacial score (nSPS) is 16.1. The molecule has 4 aromatic rings. The molecule has 0 aromatic heterocycles. The lowest BCUT2D eigenvalue weighted by atomic mass is 9.94. The molecule has 0 fully saturated rings. The van der Waals surface area contributed by atoms with Gasteiger partial charge in [-0.2, -0.15) is 0 Å². The maximum Gasteiger partial charge on any atom is 0.234 e. The van der Waals surface area contributed by atoms with Crippen molar-refractivity contribution in [3.05, 3.63) is 102 Å². The highest BCUT2D eigenvalue weighted by Crippen LogP contribution is 2.37. The number of hydrogen-bond acceptors (Lipinski definition) is 3. The summed E-state index contributed by atoms with van der Waals surface area (Å²) in [6, 6.07) is 30.2. The summed E-state index contributed by atoms with van der Waals surface area (Å²) in [4.78, 5) is 15.9. The number of hydrogen-bond donors (Lipinski definition) is 0. The fourth-order valence-corrected chi connectivity index (χ4v) is 4.56. The quantitative estimate of drug-likeness (QED) is 0.385. The van der Waals surface area contributed by atoms with E-state index >= 15 is 0 Å². The van der Waals surface area contributed by atoms with E-state index in [2.05, 4.69) is 24.3 Å². The number of rotatable bonds is 5. The van der Waals surface area contributed by atoms with E-state index in [4.69, 9.17) is 9.47 Å². The van der Waals surface area contributed by atoms with Crippen LogP contribution in [0.4, 0.5) is 5.69 Å². The molecule has 0 N–H and O–H groups in total. The van der Waals surface area contributed by atoms with Crippen LogP contribution in [0.15, 0.2) is 91.0 Å². The number of benzene rings is 4. The second-order valence-electron chi connectivity index (χ2n) is 8.52. The molecule has 0 saturated heterocycles. The van der Waals surface area contributed by atoms with Crippen LogP contribution >= 0.6 is 0 Å². The number of para-hydroxylation sites is 2. The highest BCUT2D eigenvalue weighted by Gasteiger charge is 2.35. The Morgan fingerprint density at radius 2 is 1.70 bits per heavy atom. The molecule has 1 aliphatic rings. The van der Waals surface area contributed by atoms with E-state index in [9.17, 15) is 4.79 Å². The van der Waals surface area contributed by atoms with Gasteiger partial charge in [0.2, 0.25) is 5.91 Å². The molecule has 0 aliphatic carbocycles. The Labute approximate surface area is 194 Å². The van der Waals surface area contributed by atoms with Crippen molar-refractivity contribution in [1.82, 2.24) is 0 Å². The Morgan fingerprint density at radius 3 is 2.52 bits per heavy atom. The second-order valence-corrected chi connectivity index (χ2v) is 8.52. The molecule has 0 bridgehead atoms. The Hall–Kier alpha value is -3.79. The molecule has 0 spiro atoms. The van der Waals surface area contributed by atoms with Crippen molar-refractivity contribution < 1.29 is 14.3 Å². The van der Waals surface area contributed by atoms with Crippen LogP contribution in [-0.4, -0.2) is 25.7 Å². The molecular weight excluding hydrogens is 410 g/mol. The summed E-state index contributed by atoms with van der Waals surface area (Å²) >= 11 is 0. The summed E-state index contributed by atoms with van der Waals surface area (Å²) in [5, 5.41) is 2.19. The molecule has 4 heteroatoms. The van der Waals surface area contributed by atoms with Gasteiger partial charge in [-0.05, 0) is 59.5 Å². The van der Waals surface area contributed by atoms with E-state index in [1.54, 1.807) is 7.11 Å². The van der Waals surface area contributed by atoms with Crippen LogP contribution in [0.25, 0.3) is 10.8 Å². The topological polar surface area (TPSA) is 38.8 Å². The van der Waals surface area contributed by atoms with Gasteiger partial charge >= 0.3 is 0 Å². The minimum Gasteiger partial charge on any atom is -0.497 e. The Morgan fingerprint density at radius 1 is 0.970 bits per heavy atom. The molecule has 0 radical (unpaired) electrons. The number of fused-ring (bicyclic) bond motifs is 2. The SMILES string of the molecule is COc1ccc2cc([C@H](C)C(=O)N3c4ccccc4OC[C@@H]3Cc3ccccc3)ccc2c1. The Kier molecular flexibility index (Phi) is 5.74. The van der Waals surface area contributed by atoms with Crippen molar-refractivity contribution in [2.75, 3.05) is 18.6 Å². The molecule has 166 valence electrons. The monoisotopic (exact) mass is 437 g/mol. The third-order valence-corrected chi connectivity index (χ3v) is 6.41. The van der Waals surface area contributed by atoms with Crippen LogP contribution in [0.1, 0.15) is 24.0 Å². The first kappa shape index (κ1) is 21.1. The number of ether oxygens (including phenoxy) is 2. The van der Waals surface area contributed by atoms with Gasteiger partial charge in [0.1, 0.15) is 18.1 Å². The van der Waals surface area contributed by atoms with Gasteiger partial charge in [-0.1, -0.05) is 66.7 Å². The number of carbonyl (C=O) groups is 1. The van der Waals surface area contributed by atoms with Crippen molar-refractivity contribution in [3.63, 3.8) is 0 Å². The highest BCUT2D eigenvalue weighted by molar-refractivity contribution is 6.00. The smallest absolute Gasteiger partial charge is 0.234 e. The van der Waals surface area contributed by atoms with Gasteiger partial charge in [-0.3, -0.25) is 4.79 Å². The summed E-state index contributed by atoms with van der Waals surface area (Å²) in [7, 11) is 1.67. The second kappa shape index (κ2) is 8.99. The summed E-state index contributed by atoms with van der Waals surface area (Å²) in [6.07, 6.45) is 0.741. The van der Waals surface area contributed by atoms with Crippen molar-refractivity contribution in [1.29, 1.82) is 0 Å². The lowest BCUT2D eigenvalue weighted by Gasteiger charge is -2.38. The molecule has 5 rings (SSSR count). The van der Waals surface area contributed by atoms with Crippen LogP contribution in [0, 0.1) is 0 Å². The first-order valence-electron chi connectivity index (χ1n) is 11.3. The minimum absolute atomic E-state index is 0.0676. The zero-order valence-electron chi connectivity index (χ0n) is 18.9. The van der Waals surface area contributed by atoms with Gasteiger partial charge in [0.05, 0.1) is 24.8 Å². The number of carbonyl (C=O) groups excluding carboxylic acids is 1. The van der Waals surface area contributed by atoms with Crippen LogP contribution in [-0.2, 0) is 11.2 Å². The fourth-order valence-electron chi connectivity index (χ4n) is 4.56. The van der Waals surface area contributed by atoms with Crippen LogP contribution in [0.5, 0.6) is 11.5 Å². The van der Waals surface area contributed by atoms with Gasteiger partial charge in [0.15, 0.2) is 0 Å². The van der Waals surface area contributed by atoms with E-state index in [0.29, 0.717) is 6.61 Å². The largest absolute Gasteiger partial charge is 0.497 e. The van der Waals surface area contributed by atoms with Gasteiger partial charge < -0.3 is 14.4 Å². The fraction of sp³-hybridized carbons (Fsp3) is 0.207. The third-order valence-electron chi connectivity index (χ3n) is 6.41. The number of anilines is 1.